The van der Waals surface area contributed by atoms with Crippen molar-refractivity contribution < 1.29 is 0 Å². The summed E-state index contributed by atoms with van der Waals surface area (Å²) in [7, 11) is 2.06. The van der Waals surface area contributed by atoms with Crippen LogP contribution in [-0.2, 0) is 19.9 Å². The summed E-state index contributed by atoms with van der Waals surface area (Å²) in [6.07, 6.45) is 4.68. The fourth-order valence-electron chi connectivity index (χ4n) is 3.06. The van der Waals surface area contributed by atoms with Gasteiger partial charge in [0, 0.05) is 24.3 Å². The van der Waals surface area contributed by atoms with Crippen LogP contribution in [0.5, 0.6) is 0 Å². The lowest BCUT2D eigenvalue weighted by Gasteiger charge is -2.34. The lowest BCUT2D eigenvalue weighted by molar-refractivity contribution is 0.398. The highest BCUT2D eigenvalue weighted by Gasteiger charge is 2.38. The molecule has 0 amide bonds. The summed E-state index contributed by atoms with van der Waals surface area (Å²) in [6.45, 7) is 7.80. The van der Waals surface area contributed by atoms with Gasteiger partial charge in [0.2, 0.25) is 0 Å². The zero-order valence-electron chi connectivity index (χ0n) is 13.0. The monoisotopic (exact) mass is 359 g/mol. The van der Waals surface area contributed by atoms with Crippen molar-refractivity contribution in [2.24, 2.45) is 7.05 Å². The van der Waals surface area contributed by atoms with E-state index in [2.05, 4.69) is 70.6 Å². The van der Waals surface area contributed by atoms with Crippen LogP contribution in [0.2, 0.25) is 0 Å². The molecule has 1 aliphatic rings. The van der Waals surface area contributed by atoms with Crippen LogP contribution in [0.15, 0.2) is 4.47 Å². The first kappa shape index (κ1) is 16.4. The summed E-state index contributed by atoms with van der Waals surface area (Å²) in [5.74, 6) is 1.30. The van der Waals surface area contributed by atoms with Gasteiger partial charge in [0.05, 0.1) is 15.9 Å². The minimum Gasteiger partial charge on any atom is -0.312 e. The first-order valence-electron chi connectivity index (χ1n) is 7.59. The topological polar surface area (TPSA) is 29.9 Å². The van der Waals surface area contributed by atoms with E-state index in [4.69, 9.17) is 0 Å². The van der Waals surface area contributed by atoms with E-state index in [1.807, 2.05) is 0 Å². The van der Waals surface area contributed by atoms with E-state index in [9.17, 15) is 0 Å². The van der Waals surface area contributed by atoms with E-state index in [-0.39, 0.29) is 0 Å². The molecule has 2 atom stereocenters. The lowest BCUT2D eigenvalue weighted by atomic mass is 9.92. The SMILES string of the molecule is CCNC(Cc1c(Br)c(CC)nn1C)C1(C)CCCS1. The van der Waals surface area contributed by atoms with Crippen molar-refractivity contribution in [3.8, 4) is 0 Å². The van der Waals surface area contributed by atoms with Crippen LogP contribution in [0.25, 0.3) is 0 Å². The first-order chi connectivity index (χ1) is 9.51. The molecule has 0 radical (unpaired) electrons. The highest BCUT2D eigenvalue weighted by Crippen LogP contribution is 2.41. The van der Waals surface area contributed by atoms with E-state index in [1.165, 1.54) is 34.5 Å². The average molecular weight is 360 g/mol. The van der Waals surface area contributed by atoms with Crippen molar-refractivity contribution >= 4 is 27.7 Å². The molecule has 1 aromatic heterocycles. The van der Waals surface area contributed by atoms with Crippen LogP contribution in [0.4, 0.5) is 0 Å². The summed E-state index contributed by atoms with van der Waals surface area (Å²) in [4.78, 5) is 0. The lowest BCUT2D eigenvalue weighted by Crippen LogP contribution is -2.47. The molecule has 2 heterocycles. The molecule has 1 N–H and O–H groups in total. The van der Waals surface area contributed by atoms with Crippen molar-refractivity contribution in [3.05, 3.63) is 15.9 Å². The van der Waals surface area contributed by atoms with Crippen LogP contribution < -0.4 is 5.32 Å². The van der Waals surface area contributed by atoms with Gasteiger partial charge in [0.1, 0.15) is 0 Å². The van der Waals surface area contributed by atoms with E-state index in [1.54, 1.807) is 0 Å². The largest absolute Gasteiger partial charge is 0.312 e. The maximum Gasteiger partial charge on any atom is 0.0766 e. The van der Waals surface area contributed by atoms with Gasteiger partial charge in [-0.15, -0.1) is 0 Å². The van der Waals surface area contributed by atoms with Crippen molar-refractivity contribution in [3.63, 3.8) is 0 Å². The van der Waals surface area contributed by atoms with Gasteiger partial charge in [-0.1, -0.05) is 13.8 Å². The van der Waals surface area contributed by atoms with E-state index < -0.39 is 0 Å². The number of aromatic nitrogens is 2. The molecule has 0 aromatic carbocycles. The van der Waals surface area contributed by atoms with Gasteiger partial charge < -0.3 is 5.32 Å². The second-order valence-corrected chi connectivity index (χ2v) is 8.19. The molecule has 0 bridgehead atoms. The van der Waals surface area contributed by atoms with Crippen molar-refractivity contribution in [2.75, 3.05) is 12.3 Å². The van der Waals surface area contributed by atoms with Gasteiger partial charge in [-0.3, -0.25) is 4.68 Å². The maximum absolute atomic E-state index is 4.63. The van der Waals surface area contributed by atoms with Gasteiger partial charge in [-0.2, -0.15) is 16.9 Å². The molecule has 1 aliphatic heterocycles. The smallest absolute Gasteiger partial charge is 0.0766 e. The molecule has 2 rings (SSSR count). The summed E-state index contributed by atoms with van der Waals surface area (Å²) in [5.41, 5.74) is 2.49. The minimum absolute atomic E-state index is 0.353. The number of hydrogen-bond donors (Lipinski definition) is 1. The normalized spacial score (nSPS) is 24.2. The average Bonchev–Trinajstić information content (AvgIpc) is 2.97. The zero-order chi connectivity index (χ0) is 14.8. The summed E-state index contributed by atoms with van der Waals surface area (Å²) in [6, 6.07) is 0.511. The van der Waals surface area contributed by atoms with Crippen LogP contribution in [0, 0.1) is 0 Å². The Labute approximate surface area is 135 Å². The van der Waals surface area contributed by atoms with Gasteiger partial charge in [-0.25, -0.2) is 0 Å². The van der Waals surface area contributed by atoms with Crippen LogP contribution in [-0.4, -0.2) is 32.9 Å². The van der Waals surface area contributed by atoms with E-state index >= 15 is 0 Å². The molecule has 114 valence electrons. The minimum atomic E-state index is 0.353. The fraction of sp³-hybridized carbons (Fsp3) is 0.800. The number of thioether (sulfide) groups is 1. The summed E-state index contributed by atoms with van der Waals surface area (Å²) < 4.78 is 3.61. The Bertz CT molecular complexity index is 452. The second-order valence-electron chi connectivity index (χ2n) is 5.76. The van der Waals surface area contributed by atoms with Crippen molar-refractivity contribution in [2.45, 2.75) is 57.2 Å². The quantitative estimate of drug-likeness (QED) is 0.841. The Balaban J connectivity index is 2.22. The number of halogens is 1. The molecule has 1 aromatic rings. The number of nitrogens with zero attached hydrogens (tertiary/aromatic N) is 2. The van der Waals surface area contributed by atoms with Gasteiger partial charge in [0.25, 0.3) is 0 Å². The predicted molar refractivity (Wildman–Crippen MR) is 91.6 cm³/mol. The molecular weight excluding hydrogens is 334 g/mol. The summed E-state index contributed by atoms with van der Waals surface area (Å²) in [5, 5.41) is 8.34. The van der Waals surface area contributed by atoms with Crippen LogP contribution in [0.3, 0.4) is 0 Å². The molecule has 1 saturated heterocycles. The Morgan fingerprint density at radius 3 is 2.75 bits per heavy atom. The van der Waals surface area contributed by atoms with Gasteiger partial charge in [-0.05, 0) is 54.4 Å². The predicted octanol–water partition coefficient (Wildman–Crippen LogP) is 3.55. The molecule has 0 aliphatic carbocycles. The third kappa shape index (κ3) is 3.25. The van der Waals surface area contributed by atoms with Gasteiger partial charge in [0.15, 0.2) is 0 Å². The Kier molecular flexibility index (Phi) is 5.60. The summed E-state index contributed by atoms with van der Waals surface area (Å²) >= 11 is 5.88. The molecule has 2 unspecified atom stereocenters. The zero-order valence-corrected chi connectivity index (χ0v) is 15.4. The number of hydrogen-bond acceptors (Lipinski definition) is 3. The Morgan fingerprint density at radius 1 is 1.50 bits per heavy atom. The van der Waals surface area contributed by atoms with E-state index in [0.29, 0.717) is 10.8 Å². The maximum atomic E-state index is 4.63. The molecule has 3 nitrogen and oxygen atoms in total. The Morgan fingerprint density at radius 2 is 2.25 bits per heavy atom. The van der Waals surface area contributed by atoms with E-state index in [0.717, 1.165) is 19.4 Å². The van der Waals surface area contributed by atoms with Crippen LogP contribution in [0.1, 0.15) is 45.0 Å². The third-order valence-corrected chi connectivity index (χ3v) is 6.89. The van der Waals surface area contributed by atoms with Crippen molar-refractivity contribution in [1.82, 2.24) is 15.1 Å². The molecule has 0 saturated carbocycles. The second kappa shape index (κ2) is 6.84. The Hall–Kier alpha value is -0.000000000000000111. The number of nitrogens with one attached hydrogen (secondary N) is 1. The fourth-order valence-corrected chi connectivity index (χ4v) is 5.25. The molecule has 1 fully saturated rings. The number of likely N-dealkylation sites (N-methyl/N-ethyl adjacent to an activating group) is 1. The number of rotatable bonds is 6. The highest BCUT2D eigenvalue weighted by molar-refractivity contribution is 9.10. The first-order valence-corrected chi connectivity index (χ1v) is 9.37. The van der Waals surface area contributed by atoms with Gasteiger partial charge >= 0.3 is 0 Å². The molecule has 0 spiro atoms. The molecule has 5 heteroatoms. The molecular formula is C15H26BrN3S. The molecule has 20 heavy (non-hydrogen) atoms. The van der Waals surface area contributed by atoms with Crippen LogP contribution >= 0.6 is 27.7 Å². The standard InChI is InChI=1S/C15H26BrN3S/c1-5-11-14(16)12(19(4)18-11)10-13(17-6-2)15(3)8-7-9-20-15/h13,17H,5-10H2,1-4H3. The van der Waals surface area contributed by atoms with Crippen molar-refractivity contribution in [1.29, 1.82) is 0 Å². The highest BCUT2D eigenvalue weighted by atomic mass is 79.9. The third-order valence-electron chi connectivity index (χ3n) is 4.34. The number of aryl methyl sites for hydroxylation is 2.